The SMILES string of the molecule is CC(Nc1ncnc(N)c1C#N)c1nc2c(F)cccc2cc1C(=O)NCCC(F)(F)F. The number of nitrogens with two attached hydrogens (primary N) is 1. The van der Waals surface area contributed by atoms with Crippen LogP contribution in [-0.2, 0) is 0 Å². The Morgan fingerprint density at radius 3 is 2.75 bits per heavy atom. The van der Waals surface area contributed by atoms with Gasteiger partial charge in [0.25, 0.3) is 5.91 Å². The molecule has 0 aliphatic heterocycles. The van der Waals surface area contributed by atoms with Crippen LogP contribution in [0.25, 0.3) is 10.9 Å². The maximum absolute atomic E-state index is 14.3. The Balaban J connectivity index is 2.01. The van der Waals surface area contributed by atoms with Crippen LogP contribution in [0.2, 0.25) is 0 Å². The van der Waals surface area contributed by atoms with Crippen molar-refractivity contribution in [3.8, 4) is 6.07 Å². The van der Waals surface area contributed by atoms with Gasteiger partial charge in [0.05, 0.1) is 23.7 Å². The molecule has 0 saturated carbocycles. The Labute approximate surface area is 179 Å². The number of hydrogen-bond acceptors (Lipinski definition) is 7. The standard InChI is InChI=1S/C20H17F4N7O/c1-10(30-18-13(8-25)17(26)28-9-29-18)15-12(19(32)27-6-5-20(22,23)24)7-11-3-2-4-14(21)16(11)31-15/h2-4,7,9-10H,5-6H2,1H3,(H,27,32)(H3,26,28,29,30). The van der Waals surface area contributed by atoms with Crippen LogP contribution in [0.4, 0.5) is 29.2 Å². The number of fused-ring (bicyclic) bond motifs is 1. The van der Waals surface area contributed by atoms with Gasteiger partial charge in [-0.2, -0.15) is 18.4 Å². The number of carbonyl (C=O) groups is 1. The Kier molecular flexibility index (Phi) is 6.38. The lowest BCUT2D eigenvalue weighted by Crippen LogP contribution is -2.30. The Morgan fingerprint density at radius 1 is 1.31 bits per heavy atom. The smallest absolute Gasteiger partial charge is 0.382 e. The van der Waals surface area contributed by atoms with Gasteiger partial charge in [0.1, 0.15) is 40.9 Å². The van der Waals surface area contributed by atoms with Crippen molar-refractivity contribution in [3.05, 3.63) is 53.2 Å². The zero-order valence-corrected chi connectivity index (χ0v) is 16.7. The predicted molar refractivity (Wildman–Crippen MR) is 108 cm³/mol. The van der Waals surface area contributed by atoms with Gasteiger partial charge in [-0.05, 0) is 19.1 Å². The number of amides is 1. The van der Waals surface area contributed by atoms with Crippen LogP contribution < -0.4 is 16.4 Å². The number of halogens is 4. The number of carbonyl (C=O) groups excluding carboxylic acids is 1. The zero-order chi connectivity index (χ0) is 23.5. The molecule has 8 nitrogen and oxygen atoms in total. The van der Waals surface area contributed by atoms with Crippen molar-refractivity contribution in [2.75, 3.05) is 17.6 Å². The number of nitrogens with zero attached hydrogens (tertiary/aromatic N) is 4. The Morgan fingerprint density at radius 2 is 2.06 bits per heavy atom. The van der Waals surface area contributed by atoms with E-state index in [1.807, 2.05) is 6.07 Å². The summed E-state index contributed by atoms with van der Waals surface area (Å²) in [5, 5.41) is 14.7. The third kappa shape index (κ3) is 5.00. The molecule has 4 N–H and O–H groups in total. The summed E-state index contributed by atoms with van der Waals surface area (Å²) >= 11 is 0. The second kappa shape index (κ2) is 9.01. The van der Waals surface area contributed by atoms with E-state index in [-0.39, 0.29) is 34.0 Å². The number of rotatable bonds is 6. The summed E-state index contributed by atoms with van der Waals surface area (Å²) < 4.78 is 51.7. The highest BCUT2D eigenvalue weighted by atomic mass is 19.4. The van der Waals surface area contributed by atoms with Crippen LogP contribution in [0.5, 0.6) is 0 Å². The van der Waals surface area contributed by atoms with E-state index in [9.17, 15) is 27.6 Å². The molecule has 2 heterocycles. The summed E-state index contributed by atoms with van der Waals surface area (Å²) in [5.41, 5.74) is 5.61. The quantitative estimate of drug-likeness (QED) is 0.493. The first-order valence-corrected chi connectivity index (χ1v) is 9.32. The summed E-state index contributed by atoms with van der Waals surface area (Å²) in [6, 6.07) is 6.55. The first-order valence-electron chi connectivity index (χ1n) is 9.32. The molecule has 0 saturated heterocycles. The van der Waals surface area contributed by atoms with Gasteiger partial charge in [-0.1, -0.05) is 12.1 Å². The van der Waals surface area contributed by atoms with E-state index in [1.54, 1.807) is 6.92 Å². The Hall–Kier alpha value is -4.01. The van der Waals surface area contributed by atoms with Crippen LogP contribution in [-0.4, -0.2) is 33.6 Å². The number of benzene rings is 1. The first-order chi connectivity index (χ1) is 15.1. The predicted octanol–water partition coefficient (Wildman–Crippen LogP) is 3.47. The fraction of sp³-hybridized carbons (Fsp3) is 0.250. The average molecular weight is 447 g/mol. The molecule has 3 rings (SSSR count). The largest absolute Gasteiger partial charge is 0.390 e. The molecular weight excluding hydrogens is 430 g/mol. The van der Waals surface area contributed by atoms with E-state index in [0.717, 1.165) is 6.33 Å². The molecule has 166 valence electrons. The number of aromatic nitrogens is 3. The molecule has 0 bridgehead atoms. The van der Waals surface area contributed by atoms with Crippen LogP contribution >= 0.6 is 0 Å². The zero-order valence-electron chi connectivity index (χ0n) is 16.7. The average Bonchev–Trinajstić information content (AvgIpc) is 2.72. The first kappa shape index (κ1) is 22.7. The minimum atomic E-state index is -4.43. The summed E-state index contributed by atoms with van der Waals surface area (Å²) in [6.45, 7) is 0.937. The lowest BCUT2D eigenvalue weighted by molar-refractivity contribution is -0.132. The van der Waals surface area contributed by atoms with Gasteiger partial charge < -0.3 is 16.4 Å². The number of nitriles is 1. The molecule has 1 aromatic carbocycles. The summed E-state index contributed by atoms with van der Waals surface area (Å²) in [5.74, 6) is -1.45. The second-order valence-electron chi connectivity index (χ2n) is 6.81. The van der Waals surface area contributed by atoms with E-state index >= 15 is 0 Å². The summed E-state index contributed by atoms with van der Waals surface area (Å²) in [6.07, 6.45) is -4.51. The van der Waals surface area contributed by atoms with E-state index in [4.69, 9.17) is 5.73 Å². The second-order valence-corrected chi connectivity index (χ2v) is 6.81. The highest BCUT2D eigenvalue weighted by molar-refractivity contribution is 5.99. The van der Waals surface area contributed by atoms with E-state index < -0.39 is 36.9 Å². The molecule has 1 amide bonds. The topological polar surface area (TPSA) is 130 Å². The van der Waals surface area contributed by atoms with Crippen LogP contribution in [0.1, 0.15) is 41.0 Å². The monoisotopic (exact) mass is 447 g/mol. The molecule has 1 atom stereocenters. The van der Waals surface area contributed by atoms with Crippen molar-refractivity contribution in [1.29, 1.82) is 5.26 Å². The number of nitrogen functional groups attached to an aromatic ring is 1. The van der Waals surface area contributed by atoms with Crippen molar-refractivity contribution in [2.24, 2.45) is 0 Å². The molecule has 32 heavy (non-hydrogen) atoms. The minimum Gasteiger partial charge on any atom is -0.382 e. The van der Waals surface area contributed by atoms with Crippen molar-refractivity contribution < 1.29 is 22.4 Å². The van der Waals surface area contributed by atoms with E-state index in [0.29, 0.717) is 5.39 Å². The summed E-state index contributed by atoms with van der Waals surface area (Å²) in [4.78, 5) is 24.6. The van der Waals surface area contributed by atoms with Gasteiger partial charge in [0.2, 0.25) is 0 Å². The van der Waals surface area contributed by atoms with Gasteiger partial charge in [0.15, 0.2) is 0 Å². The van der Waals surface area contributed by atoms with E-state index in [2.05, 4.69) is 25.6 Å². The highest BCUT2D eigenvalue weighted by Gasteiger charge is 2.27. The molecule has 2 aromatic heterocycles. The summed E-state index contributed by atoms with van der Waals surface area (Å²) in [7, 11) is 0. The number of alkyl halides is 3. The van der Waals surface area contributed by atoms with Crippen molar-refractivity contribution >= 4 is 28.4 Å². The normalized spacial score (nSPS) is 12.2. The molecule has 12 heteroatoms. The van der Waals surface area contributed by atoms with Crippen molar-refractivity contribution in [3.63, 3.8) is 0 Å². The molecule has 0 fully saturated rings. The van der Waals surface area contributed by atoms with E-state index in [1.165, 1.54) is 24.3 Å². The van der Waals surface area contributed by atoms with Crippen molar-refractivity contribution in [1.82, 2.24) is 20.3 Å². The van der Waals surface area contributed by atoms with Gasteiger partial charge >= 0.3 is 6.18 Å². The molecular formula is C20H17F4N7O. The fourth-order valence-corrected chi connectivity index (χ4v) is 2.99. The maximum Gasteiger partial charge on any atom is 0.390 e. The molecule has 0 spiro atoms. The van der Waals surface area contributed by atoms with Crippen LogP contribution in [0.3, 0.4) is 0 Å². The molecule has 0 radical (unpaired) electrons. The highest BCUT2D eigenvalue weighted by Crippen LogP contribution is 2.27. The number of hydrogen-bond donors (Lipinski definition) is 3. The minimum absolute atomic E-state index is 0.0225. The Bertz CT molecular complexity index is 1210. The van der Waals surface area contributed by atoms with Gasteiger partial charge in [0, 0.05) is 11.9 Å². The number of pyridine rings is 1. The van der Waals surface area contributed by atoms with Gasteiger partial charge in [-0.25, -0.2) is 19.3 Å². The van der Waals surface area contributed by atoms with Crippen molar-refractivity contribution in [2.45, 2.75) is 25.6 Å². The molecule has 0 aliphatic carbocycles. The van der Waals surface area contributed by atoms with Gasteiger partial charge in [-0.15, -0.1) is 0 Å². The number of nitrogens with one attached hydrogen (secondary N) is 2. The molecule has 3 aromatic rings. The number of para-hydroxylation sites is 1. The van der Waals surface area contributed by atoms with Gasteiger partial charge in [-0.3, -0.25) is 4.79 Å². The molecule has 0 aliphatic rings. The third-order valence-electron chi connectivity index (χ3n) is 4.52. The lowest BCUT2D eigenvalue weighted by Gasteiger charge is -2.19. The lowest BCUT2D eigenvalue weighted by atomic mass is 10.0. The number of anilines is 2. The fourth-order valence-electron chi connectivity index (χ4n) is 2.99. The third-order valence-corrected chi connectivity index (χ3v) is 4.52. The van der Waals surface area contributed by atoms with Crippen LogP contribution in [0, 0.1) is 17.1 Å². The van der Waals surface area contributed by atoms with Crippen LogP contribution in [0.15, 0.2) is 30.6 Å². The molecule has 1 unspecified atom stereocenters. The maximum atomic E-state index is 14.3.